The van der Waals surface area contributed by atoms with Gasteiger partial charge < -0.3 is 5.11 Å². The number of benzene rings is 1. The van der Waals surface area contributed by atoms with Crippen molar-refractivity contribution in [2.24, 2.45) is 0 Å². The maximum absolute atomic E-state index is 12.7. The molecular formula is C13H18N2O5S. The van der Waals surface area contributed by atoms with E-state index >= 15 is 0 Å². The fourth-order valence-corrected chi connectivity index (χ4v) is 4.82. The molecule has 0 spiro atoms. The molecule has 0 amide bonds. The number of hydrogen-bond donors (Lipinski definition) is 1. The van der Waals surface area contributed by atoms with Crippen LogP contribution >= 0.6 is 0 Å². The minimum Gasteiger partial charge on any atom is -0.392 e. The SMILES string of the molecule is Cc1cc(C)c(S(=O)(=O)N2CC[C@H](O)C2)c(C)c1[N+](=O)[O-]. The highest BCUT2D eigenvalue weighted by Crippen LogP contribution is 2.34. The number of aryl methyl sites for hydroxylation is 2. The minimum atomic E-state index is -3.84. The molecule has 1 saturated heterocycles. The van der Waals surface area contributed by atoms with Crippen molar-refractivity contribution in [3.63, 3.8) is 0 Å². The normalized spacial score (nSPS) is 19.9. The van der Waals surface area contributed by atoms with Crippen molar-refractivity contribution >= 4 is 15.7 Å². The van der Waals surface area contributed by atoms with Gasteiger partial charge in [-0.3, -0.25) is 10.1 Å². The number of nitro groups is 1. The van der Waals surface area contributed by atoms with Crippen molar-refractivity contribution in [3.05, 3.63) is 32.9 Å². The number of sulfonamides is 1. The van der Waals surface area contributed by atoms with E-state index in [0.717, 1.165) is 0 Å². The fraction of sp³-hybridized carbons (Fsp3) is 0.538. The number of nitrogens with zero attached hydrogens (tertiary/aromatic N) is 2. The van der Waals surface area contributed by atoms with E-state index in [1.807, 2.05) is 0 Å². The van der Waals surface area contributed by atoms with Crippen molar-refractivity contribution in [1.29, 1.82) is 0 Å². The molecule has 1 N–H and O–H groups in total. The largest absolute Gasteiger partial charge is 0.392 e. The van der Waals surface area contributed by atoms with E-state index in [1.165, 1.54) is 17.3 Å². The first kappa shape index (κ1) is 15.9. The molecule has 1 aromatic rings. The number of nitro benzene ring substituents is 1. The van der Waals surface area contributed by atoms with Gasteiger partial charge in [-0.25, -0.2) is 8.42 Å². The van der Waals surface area contributed by atoms with E-state index in [1.54, 1.807) is 13.8 Å². The average molecular weight is 314 g/mol. The van der Waals surface area contributed by atoms with Crippen LogP contribution in [0.5, 0.6) is 0 Å². The summed E-state index contributed by atoms with van der Waals surface area (Å²) < 4.78 is 26.6. The van der Waals surface area contributed by atoms with Crippen molar-refractivity contribution in [2.45, 2.75) is 38.2 Å². The molecule has 1 aliphatic heterocycles. The highest BCUT2D eigenvalue weighted by Gasteiger charge is 2.36. The van der Waals surface area contributed by atoms with Gasteiger partial charge in [0.25, 0.3) is 5.69 Å². The number of hydrogen-bond acceptors (Lipinski definition) is 5. The Bertz CT molecular complexity index is 699. The first-order chi connectivity index (χ1) is 9.66. The van der Waals surface area contributed by atoms with Gasteiger partial charge in [0.15, 0.2) is 0 Å². The highest BCUT2D eigenvalue weighted by atomic mass is 32.2. The van der Waals surface area contributed by atoms with Crippen LogP contribution in [0.1, 0.15) is 23.1 Å². The van der Waals surface area contributed by atoms with Gasteiger partial charge in [0, 0.05) is 24.2 Å². The third-order valence-corrected chi connectivity index (χ3v) is 5.92. The maximum Gasteiger partial charge on any atom is 0.276 e. The van der Waals surface area contributed by atoms with Crippen LogP contribution in [0.25, 0.3) is 0 Å². The summed E-state index contributed by atoms with van der Waals surface area (Å²) in [4.78, 5) is 10.6. The van der Waals surface area contributed by atoms with Gasteiger partial charge in [-0.05, 0) is 38.8 Å². The third-order valence-electron chi connectivity index (χ3n) is 3.77. The van der Waals surface area contributed by atoms with E-state index in [9.17, 15) is 23.6 Å². The predicted molar refractivity (Wildman–Crippen MR) is 76.7 cm³/mol. The van der Waals surface area contributed by atoms with Crippen LogP contribution in [0, 0.1) is 30.9 Å². The van der Waals surface area contributed by atoms with Crippen LogP contribution < -0.4 is 0 Å². The Morgan fingerprint density at radius 3 is 2.43 bits per heavy atom. The van der Waals surface area contributed by atoms with Gasteiger partial charge in [0.2, 0.25) is 10.0 Å². The second kappa shape index (κ2) is 5.36. The first-order valence-corrected chi connectivity index (χ1v) is 8.03. The van der Waals surface area contributed by atoms with Crippen molar-refractivity contribution < 1.29 is 18.4 Å². The zero-order chi connectivity index (χ0) is 15.9. The molecule has 21 heavy (non-hydrogen) atoms. The zero-order valence-electron chi connectivity index (χ0n) is 12.2. The topological polar surface area (TPSA) is 101 Å². The predicted octanol–water partition coefficient (Wildman–Crippen LogP) is 1.28. The van der Waals surface area contributed by atoms with Crippen molar-refractivity contribution in [1.82, 2.24) is 4.31 Å². The summed E-state index contributed by atoms with van der Waals surface area (Å²) in [5, 5.41) is 20.7. The lowest BCUT2D eigenvalue weighted by molar-refractivity contribution is -0.386. The Balaban J connectivity index is 2.64. The summed E-state index contributed by atoms with van der Waals surface area (Å²) in [5.41, 5.74) is 0.908. The molecule has 1 heterocycles. The number of rotatable bonds is 3. The molecule has 7 nitrogen and oxygen atoms in total. The van der Waals surface area contributed by atoms with Crippen LogP contribution in [0.3, 0.4) is 0 Å². The van der Waals surface area contributed by atoms with E-state index in [-0.39, 0.29) is 29.2 Å². The first-order valence-electron chi connectivity index (χ1n) is 6.59. The van der Waals surface area contributed by atoms with Crippen LogP contribution in [0.15, 0.2) is 11.0 Å². The van der Waals surface area contributed by atoms with Crippen LogP contribution in [0.2, 0.25) is 0 Å². The Hall–Kier alpha value is -1.51. The van der Waals surface area contributed by atoms with Crippen LogP contribution in [0.4, 0.5) is 5.69 Å². The van der Waals surface area contributed by atoms with E-state index < -0.39 is 21.1 Å². The van der Waals surface area contributed by atoms with Gasteiger partial charge in [0.05, 0.1) is 15.9 Å². The van der Waals surface area contributed by atoms with E-state index in [4.69, 9.17) is 0 Å². The molecular weight excluding hydrogens is 296 g/mol. The smallest absolute Gasteiger partial charge is 0.276 e. The second-order valence-electron chi connectivity index (χ2n) is 5.38. The van der Waals surface area contributed by atoms with Gasteiger partial charge in [-0.1, -0.05) is 0 Å². The van der Waals surface area contributed by atoms with Gasteiger partial charge >= 0.3 is 0 Å². The average Bonchev–Trinajstić information content (AvgIpc) is 2.74. The molecule has 0 radical (unpaired) electrons. The molecule has 1 aromatic carbocycles. The summed E-state index contributed by atoms with van der Waals surface area (Å²) in [7, 11) is -3.84. The summed E-state index contributed by atoms with van der Waals surface area (Å²) >= 11 is 0. The lowest BCUT2D eigenvalue weighted by Gasteiger charge is -2.19. The van der Waals surface area contributed by atoms with E-state index in [2.05, 4.69) is 0 Å². The van der Waals surface area contributed by atoms with E-state index in [0.29, 0.717) is 17.5 Å². The standard InChI is InChI=1S/C13H18N2O5S/c1-8-6-9(2)13(10(3)12(8)15(17)18)21(19,20)14-5-4-11(16)7-14/h6,11,16H,4-5,7H2,1-3H3/t11-/m0/s1. The summed E-state index contributed by atoms with van der Waals surface area (Å²) in [6, 6.07) is 1.52. The molecule has 0 bridgehead atoms. The lowest BCUT2D eigenvalue weighted by Crippen LogP contribution is -2.31. The number of aliphatic hydroxyl groups excluding tert-OH is 1. The molecule has 0 aromatic heterocycles. The van der Waals surface area contributed by atoms with Gasteiger partial charge in [-0.15, -0.1) is 0 Å². The Morgan fingerprint density at radius 1 is 1.33 bits per heavy atom. The molecule has 0 saturated carbocycles. The second-order valence-corrected chi connectivity index (χ2v) is 7.25. The molecule has 8 heteroatoms. The van der Waals surface area contributed by atoms with Crippen molar-refractivity contribution in [3.8, 4) is 0 Å². The lowest BCUT2D eigenvalue weighted by atomic mass is 10.1. The fourth-order valence-electron chi connectivity index (χ4n) is 2.89. The van der Waals surface area contributed by atoms with Crippen LogP contribution in [-0.2, 0) is 10.0 Å². The number of aliphatic hydroxyl groups is 1. The quantitative estimate of drug-likeness (QED) is 0.669. The molecule has 0 unspecified atom stereocenters. The van der Waals surface area contributed by atoms with Gasteiger partial charge in [-0.2, -0.15) is 4.31 Å². The maximum atomic E-state index is 12.7. The Labute approximate surface area is 123 Å². The molecule has 1 aliphatic rings. The van der Waals surface area contributed by atoms with Gasteiger partial charge in [0.1, 0.15) is 0 Å². The Kier molecular flexibility index (Phi) is 4.05. The molecule has 0 aliphatic carbocycles. The van der Waals surface area contributed by atoms with Crippen molar-refractivity contribution in [2.75, 3.05) is 13.1 Å². The third kappa shape index (κ3) is 2.66. The minimum absolute atomic E-state index is 0.0195. The zero-order valence-corrected chi connectivity index (χ0v) is 13.0. The highest BCUT2D eigenvalue weighted by molar-refractivity contribution is 7.89. The number of β-amino-alcohol motifs (C(OH)–C–C–N with tert-alkyl or cyclic N) is 1. The Morgan fingerprint density at radius 2 is 1.95 bits per heavy atom. The molecule has 1 fully saturated rings. The molecule has 116 valence electrons. The summed E-state index contributed by atoms with van der Waals surface area (Å²) in [5.74, 6) is 0. The summed E-state index contributed by atoms with van der Waals surface area (Å²) in [6.45, 7) is 4.93. The summed E-state index contributed by atoms with van der Waals surface area (Å²) in [6.07, 6.45) is -0.300. The molecule has 2 rings (SSSR count). The van der Waals surface area contributed by atoms with Crippen LogP contribution in [-0.4, -0.2) is 41.9 Å². The monoisotopic (exact) mass is 314 g/mol. The molecule has 1 atom stereocenters.